The molecule has 6 heavy (non-hydrogen) atoms. The Morgan fingerprint density at radius 2 is 1.33 bits per heavy atom. The van der Waals surface area contributed by atoms with Crippen LogP contribution in [0.25, 0.3) is 0 Å². The van der Waals surface area contributed by atoms with Gasteiger partial charge in [-0.3, -0.25) is 9.11 Å². The third-order valence-electron chi connectivity index (χ3n) is 0. The van der Waals surface area contributed by atoms with Crippen molar-refractivity contribution in [3.05, 3.63) is 0 Å². The van der Waals surface area contributed by atoms with E-state index in [1.165, 1.54) is 0 Å². The van der Waals surface area contributed by atoms with E-state index in [9.17, 15) is 0 Å². The zero-order chi connectivity index (χ0) is 3.58. The second-order valence-corrected chi connectivity index (χ2v) is 0.692. The van der Waals surface area contributed by atoms with E-state index >= 15 is 0 Å². The van der Waals surface area contributed by atoms with Gasteiger partial charge in [-0.1, -0.05) is 0 Å². The van der Waals surface area contributed by atoms with E-state index in [1.807, 2.05) is 0 Å². The number of hydrogen-bond donors (Lipinski definition) is 2. The van der Waals surface area contributed by atoms with E-state index in [-0.39, 0.29) is 50.0 Å². The van der Waals surface area contributed by atoms with Gasteiger partial charge < -0.3 is 0 Å². The first-order valence-corrected chi connectivity index (χ1v) is 1.60. The summed E-state index contributed by atoms with van der Waals surface area (Å²) in [5.74, 6) is 0. The monoisotopic (exact) mass is 212 g/mol. The van der Waals surface area contributed by atoms with Crippen LogP contribution in [0.4, 0.5) is 0 Å². The molecule has 0 unspecified atom stereocenters. The smallest absolute Gasteiger partial charge is 0 e. The number of hydrogen-bond acceptors (Lipinski definition) is 1. The van der Waals surface area contributed by atoms with Crippen molar-refractivity contribution in [2.75, 3.05) is 0 Å². The van der Waals surface area contributed by atoms with E-state index in [0.29, 0.717) is 0 Å². The first-order valence-electron chi connectivity index (χ1n) is 0.532. The summed E-state index contributed by atoms with van der Waals surface area (Å²) in [5.41, 5.74) is 0. The topological polar surface area (TPSA) is 57.5 Å². The molecule has 38 valence electrons. The first kappa shape index (κ1) is 15.6. The molecule has 0 aliphatic heterocycles. The van der Waals surface area contributed by atoms with Crippen molar-refractivity contribution in [2.24, 2.45) is 0 Å². The Morgan fingerprint density at radius 3 is 1.33 bits per heavy atom. The third-order valence-corrected chi connectivity index (χ3v) is 0. The van der Waals surface area contributed by atoms with Gasteiger partial charge in [-0.05, 0) is 0 Å². The zero-order valence-electron chi connectivity index (χ0n) is 2.03. The Balaban J connectivity index is -0.0000000450. The molecule has 0 bridgehead atoms. The zero-order valence-corrected chi connectivity index (χ0v) is 4.40. The molecule has 0 fully saturated rings. The van der Waals surface area contributed by atoms with Crippen molar-refractivity contribution < 1.29 is 33.7 Å². The van der Waals surface area contributed by atoms with Crippen LogP contribution in [0.2, 0.25) is 0 Å². The minimum absolute atomic E-state index is 0. The fourth-order valence-corrected chi connectivity index (χ4v) is 0. The maximum atomic E-state index is 8.67. The van der Waals surface area contributed by atoms with Gasteiger partial charge in [-0.25, -0.2) is 0 Å². The van der Waals surface area contributed by atoms with Gasteiger partial charge in [0.15, 0.2) is 0 Å². The molecule has 2 N–H and O–H groups in total. The van der Waals surface area contributed by atoms with Crippen molar-refractivity contribution in [1.29, 1.82) is 0 Å². The Bertz CT molecular complexity index is 33.8. The van der Waals surface area contributed by atoms with E-state index < -0.39 is 11.4 Å². The third kappa shape index (κ3) is 42.8. The van der Waals surface area contributed by atoms with Gasteiger partial charge in [0.05, 0.1) is 0 Å². The molecule has 0 aliphatic rings. The van der Waals surface area contributed by atoms with E-state index in [4.69, 9.17) is 13.3 Å². The molecule has 0 saturated carbocycles. The molecule has 0 aromatic carbocycles. The van der Waals surface area contributed by atoms with Gasteiger partial charge in [0.25, 0.3) is 11.4 Å². The van der Waals surface area contributed by atoms with Crippen LogP contribution in [-0.4, -0.2) is 42.9 Å². The molecule has 0 amide bonds. The quantitative estimate of drug-likeness (QED) is 0.401. The molecule has 3 nitrogen and oxygen atoms in total. The Morgan fingerprint density at radius 1 is 1.33 bits per heavy atom. The van der Waals surface area contributed by atoms with Crippen molar-refractivity contribution in [1.82, 2.24) is 0 Å². The fraction of sp³-hybridized carbons (Fsp3) is 0. The van der Waals surface area contributed by atoms with Crippen LogP contribution in [-0.2, 0) is 31.8 Å². The molecule has 0 aromatic rings. The summed E-state index contributed by atoms with van der Waals surface area (Å²) in [7, 11) is 0. The van der Waals surface area contributed by atoms with Gasteiger partial charge in [0.1, 0.15) is 0 Å². The fourth-order valence-electron chi connectivity index (χ4n) is 0. The summed E-state index contributed by atoms with van der Waals surface area (Å²) in [6, 6.07) is 0. The predicted octanol–water partition coefficient (Wildman–Crippen LogP) is -0.970. The van der Waals surface area contributed by atoms with Crippen LogP contribution in [0, 0.1) is 0 Å². The average molecular weight is 212 g/mol. The molecule has 0 rings (SSSR count). The molecule has 0 saturated heterocycles. The normalized spacial score (nSPS) is 5.83. The summed E-state index contributed by atoms with van der Waals surface area (Å²) in [4.78, 5) is 0. The maximum absolute atomic E-state index is 8.67. The van der Waals surface area contributed by atoms with Crippen LogP contribution >= 0.6 is 0 Å². The van der Waals surface area contributed by atoms with Crippen molar-refractivity contribution >= 4 is 40.9 Å². The minimum Gasteiger partial charge on any atom is 0 e. The van der Waals surface area contributed by atoms with Gasteiger partial charge in [0.2, 0.25) is 0 Å². The minimum atomic E-state index is -2.61. The number of rotatable bonds is 0. The first-order chi connectivity index (χ1) is 1.73. The molecule has 0 atom stereocenters. The largest absolute Gasteiger partial charge is 0 e. The average Bonchev–Trinajstić information content (AvgIpc) is 0.811. The van der Waals surface area contributed by atoms with Crippen LogP contribution in [0.5, 0.6) is 0 Å². The summed E-state index contributed by atoms with van der Waals surface area (Å²) in [6.45, 7) is 0. The summed E-state index contributed by atoms with van der Waals surface area (Å²) < 4.78 is 22.8. The Hall–Kier alpha value is 1.73. The molecule has 0 heterocycles. The van der Waals surface area contributed by atoms with Crippen molar-refractivity contribution in [3.8, 4) is 0 Å². The van der Waals surface area contributed by atoms with Gasteiger partial charge in [-0.15, -0.1) is 0 Å². The molecule has 0 radical (unpaired) electrons. The Kier molecular flexibility index (Phi) is 25.8. The van der Waals surface area contributed by atoms with Crippen LogP contribution < -0.4 is 0 Å². The standard InChI is InChI=1S/Na.H2O3S.Pd.H/c;1-4(2)3;;/h;(H2,1,2,3);;. The summed E-state index contributed by atoms with van der Waals surface area (Å²) >= 11 is -2.61. The predicted molar refractivity (Wildman–Crippen MR) is 20.5 cm³/mol. The second-order valence-electron chi connectivity index (χ2n) is 0.231. The molecular weight excluding hydrogens is 209 g/mol. The van der Waals surface area contributed by atoms with Crippen LogP contribution in [0.1, 0.15) is 0 Å². The maximum Gasteiger partial charge on any atom is 0 e. The van der Waals surface area contributed by atoms with E-state index in [0.717, 1.165) is 0 Å². The van der Waals surface area contributed by atoms with Crippen molar-refractivity contribution in [3.63, 3.8) is 0 Å². The molecule has 0 spiro atoms. The van der Waals surface area contributed by atoms with Gasteiger partial charge >= 0.3 is 29.6 Å². The molecule has 6 heteroatoms. The molecular formula is H3NaO3PdS. The second kappa shape index (κ2) is 9.88. The van der Waals surface area contributed by atoms with Crippen molar-refractivity contribution in [2.45, 2.75) is 0 Å². The van der Waals surface area contributed by atoms with Gasteiger partial charge in [0, 0.05) is 20.4 Å². The Labute approximate surface area is 73.9 Å². The van der Waals surface area contributed by atoms with E-state index in [2.05, 4.69) is 0 Å². The molecule has 0 aliphatic carbocycles. The summed E-state index contributed by atoms with van der Waals surface area (Å²) in [6.07, 6.45) is 0. The molecule has 0 aromatic heterocycles. The SMILES string of the molecule is O=S(O)O.[NaH].[Pd]. The van der Waals surface area contributed by atoms with E-state index in [1.54, 1.807) is 0 Å². The summed E-state index contributed by atoms with van der Waals surface area (Å²) in [5, 5.41) is 0. The van der Waals surface area contributed by atoms with Crippen LogP contribution in [0.3, 0.4) is 0 Å². The van der Waals surface area contributed by atoms with Crippen LogP contribution in [0.15, 0.2) is 0 Å². The van der Waals surface area contributed by atoms with Gasteiger partial charge in [-0.2, -0.15) is 4.21 Å².